The lowest BCUT2D eigenvalue weighted by atomic mass is 10.1. The summed E-state index contributed by atoms with van der Waals surface area (Å²) in [5, 5.41) is 23.0. The van der Waals surface area contributed by atoms with Crippen molar-refractivity contribution in [1.82, 2.24) is 5.32 Å². The van der Waals surface area contributed by atoms with E-state index in [0.717, 1.165) is 64.2 Å². The van der Waals surface area contributed by atoms with Gasteiger partial charge < -0.3 is 20.3 Å². The maximum atomic E-state index is 12.4. The molecule has 6 heteroatoms. The molecule has 0 rings (SSSR count). The monoisotopic (exact) mass is 954 g/mol. The highest BCUT2D eigenvalue weighted by Crippen LogP contribution is 2.16. The Kier molecular flexibility index (Phi) is 55.6. The molecular formula is C62H115NO5. The number of rotatable bonds is 55. The van der Waals surface area contributed by atoms with Crippen molar-refractivity contribution >= 4 is 11.9 Å². The van der Waals surface area contributed by atoms with Gasteiger partial charge in [-0.3, -0.25) is 9.59 Å². The Labute approximate surface area is 423 Å². The van der Waals surface area contributed by atoms with Gasteiger partial charge >= 0.3 is 5.97 Å². The fourth-order valence-electron chi connectivity index (χ4n) is 8.95. The molecule has 0 aliphatic rings. The Morgan fingerprint density at radius 2 is 0.735 bits per heavy atom. The van der Waals surface area contributed by atoms with E-state index in [9.17, 15) is 19.8 Å². The van der Waals surface area contributed by atoms with Crippen LogP contribution in [0.15, 0.2) is 48.6 Å². The summed E-state index contributed by atoms with van der Waals surface area (Å²) in [6, 6.07) is -0.634. The van der Waals surface area contributed by atoms with E-state index in [0.29, 0.717) is 19.4 Å². The Morgan fingerprint density at radius 3 is 1.13 bits per heavy atom. The second kappa shape index (κ2) is 57.4. The van der Waals surface area contributed by atoms with Gasteiger partial charge in [-0.05, 0) is 89.9 Å². The minimum Gasteiger partial charge on any atom is -0.466 e. The molecule has 0 fully saturated rings. The van der Waals surface area contributed by atoms with Gasteiger partial charge in [0.05, 0.1) is 25.4 Å². The lowest BCUT2D eigenvalue weighted by Crippen LogP contribution is -2.45. The van der Waals surface area contributed by atoms with Crippen molar-refractivity contribution in [3.8, 4) is 0 Å². The Morgan fingerprint density at radius 1 is 0.412 bits per heavy atom. The SMILES string of the molecule is CCCCCCCCC/C=C\CCCCCCCCCC(=O)OCCCCCCCCCCC/C=C\C/C=C\CCCCCCCCCC(=O)NC(CO)C(O)/C=C/CCCCCCCCCC. The maximum Gasteiger partial charge on any atom is 0.305 e. The summed E-state index contributed by atoms with van der Waals surface area (Å²) in [6.07, 6.45) is 72.9. The first-order valence-electron chi connectivity index (χ1n) is 29.9. The van der Waals surface area contributed by atoms with Gasteiger partial charge in [-0.25, -0.2) is 0 Å². The number of esters is 1. The van der Waals surface area contributed by atoms with E-state index in [1.165, 1.54) is 218 Å². The van der Waals surface area contributed by atoms with E-state index in [2.05, 4.69) is 55.6 Å². The van der Waals surface area contributed by atoms with Crippen molar-refractivity contribution in [2.24, 2.45) is 0 Å². The molecule has 0 radical (unpaired) electrons. The van der Waals surface area contributed by atoms with E-state index < -0.39 is 12.1 Å². The first-order chi connectivity index (χ1) is 33.5. The number of carbonyl (C=O) groups excluding carboxylic acids is 2. The van der Waals surface area contributed by atoms with Gasteiger partial charge in [0.1, 0.15) is 0 Å². The van der Waals surface area contributed by atoms with Crippen LogP contribution in [0.25, 0.3) is 0 Å². The van der Waals surface area contributed by atoms with E-state index in [-0.39, 0.29) is 18.5 Å². The minimum atomic E-state index is -0.850. The predicted molar refractivity (Wildman–Crippen MR) is 296 cm³/mol. The second-order valence-corrected chi connectivity index (χ2v) is 20.3. The summed E-state index contributed by atoms with van der Waals surface area (Å²) in [7, 11) is 0. The molecule has 0 aromatic carbocycles. The molecule has 0 bridgehead atoms. The molecule has 398 valence electrons. The zero-order chi connectivity index (χ0) is 49.3. The second-order valence-electron chi connectivity index (χ2n) is 20.3. The van der Waals surface area contributed by atoms with Crippen LogP contribution in [0.1, 0.15) is 309 Å². The predicted octanol–water partition coefficient (Wildman–Crippen LogP) is 18.6. The zero-order valence-corrected chi connectivity index (χ0v) is 45.3. The van der Waals surface area contributed by atoms with Crippen LogP contribution in [0, 0.1) is 0 Å². The number of hydrogen-bond donors (Lipinski definition) is 3. The highest BCUT2D eigenvalue weighted by Gasteiger charge is 2.18. The number of hydrogen-bond acceptors (Lipinski definition) is 5. The van der Waals surface area contributed by atoms with Crippen molar-refractivity contribution in [2.45, 2.75) is 321 Å². The van der Waals surface area contributed by atoms with Crippen LogP contribution in [0.2, 0.25) is 0 Å². The van der Waals surface area contributed by atoms with Crippen LogP contribution in [-0.4, -0.2) is 47.4 Å². The number of amides is 1. The van der Waals surface area contributed by atoms with Crippen LogP contribution >= 0.6 is 0 Å². The third-order valence-electron chi connectivity index (χ3n) is 13.6. The third-order valence-corrected chi connectivity index (χ3v) is 13.6. The van der Waals surface area contributed by atoms with Gasteiger partial charge in [-0.1, -0.05) is 255 Å². The molecule has 68 heavy (non-hydrogen) atoms. The molecule has 0 saturated carbocycles. The number of unbranched alkanes of at least 4 members (excludes halogenated alkanes) is 38. The summed E-state index contributed by atoms with van der Waals surface area (Å²) in [6.45, 7) is 4.87. The van der Waals surface area contributed by atoms with Crippen molar-refractivity contribution in [3.63, 3.8) is 0 Å². The molecule has 1 amide bonds. The molecule has 3 N–H and O–H groups in total. The molecule has 6 nitrogen and oxygen atoms in total. The van der Waals surface area contributed by atoms with Crippen LogP contribution < -0.4 is 5.32 Å². The molecular weight excluding hydrogens is 839 g/mol. The van der Waals surface area contributed by atoms with Crippen molar-refractivity contribution in [2.75, 3.05) is 13.2 Å². The van der Waals surface area contributed by atoms with Gasteiger partial charge in [-0.2, -0.15) is 0 Å². The zero-order valence-electron chi connectivity index (χ0n) is 45.3. The minimum absolute atomic E-state index is 0.00305. The van der Waals surface area contributed by atoms with Crippen molar-refractivity contribution in [1.29, 1.82) is 0 Å². The van der Waals surface area contributed by atoms with Gasteiger partial charge in [0.25, 0.3) is 0 Å². The van der Waals surface area contributed by atoms with Crippen molar-refractivity contribution in [3.05, 3.63) is 48.6 Å². The topological polar surface area (TPSA) is 95.9 Å². The smallest absolute Gasteiger partial charge is 0.305 e. The molecule has 2 atom stereocenters. The highest BCUT2D eigenvalue weighted by atomic mass is 16.5. The standard InChI is InChI=1S/C62H115NO5/c1-3-5-7-9-11-13-15-16-17-18-27-30-33-36-40-44-48-52-56-62(67)68-57-53-49-45-41-37-34-31-28-25-23-21-19-20-22-24-26-29-32-35-39-43-47-51-55-61(66)63-59(58-64)60(65)54-50-46-42-38-14-12-10-8-6-4-2/h17-19,21-22,24,50,54,59-60,64-65H,3-16,20,23,25-49,51-53,55-58H2,1-2H3,(H,63,66)/b18-17-,21-19-,24-22-,54-50+. The number of aliphatic hydroxyl groups is 2. The summed E-state index contributed by atoms with van der Waals surface area (Å²) in [5.41, 5.74) is 0. The first kappa shape index (κ1) is 65.8. The molecule has 0 spiro atoms. The van der Waals surface area contributed by atoms with Crippen LogP contribution in [0.4, 0.5) is 0 Å². The number of aliphatic hydroxyl groups excluding tert-OH is 2. The van der Waals surface area contributed by atoms with Gasteiger partial charge in [-0.15, -0.1) is 0 Å². The van der Waals surface area contributed by atoms with Gasteiger partial charge in [0.2, 0.25) is 5.91 Å². The molecule has 0 aliphatic heterocycles. The molecule has 0 saturated heterocycles. The molecule has 0 aromatic rings. The summed E-state index contributed by atoms with van der Waals surface area (Å²) >= 11 is 0. The summed E-state index contributed by atoms with van der Waals surface area (Å²) in [5.74, 6) is -0.0779. The fourth-order valence-corrected chi connectivity index (χ4v) is 8.95. The van der Waals surface area contributed by atoms with E-state index in [4.69, 9.17) is 4.74 Å². The summed E-state index contributed by atoms with van der Waals surface area (Å²) < 4.78 is 5.49. The number of nitrogens with one attached hydrogen (secondary N) is 1. The van der Waals surface area contributed by atoms with Crippen molar-refractivity contribution < 1.29 is 24.5 Å². The Hall–Kier alpha value is -2.18. The number of ether oxygens (including phenoxy) is 1. The van der Waals surface area contributed by atoms with E-state index in [1.807, 2.05) is 6.08 Å². The quantitative estimate of drug-likeness (QED) is 0.0321. The van der Waals surface area contributed by atoms with Gasteiger partial charge in [0.15, 0.2) is 0 Å². The fraction of sp³-hybridized carbons (Fsp3) is 0.839. The average Bonchev–Trinajstić information content (AvgIpc) is 3.34. The maximum absolute atomic E-state index is 12.4. The third kappa shape index (κ3) is 53.2. The van der Waals surface area contributed by atoms with Crippen LogP contribution in [0.5, 0.6) is 0 Å². The van der Waals surface area contributed by atoms with Crippen LogP contribution in [0.3, 0.4) is 0 Å². The molecule has 0 aliphatic carbocycles. The number of allylic oxidation sites excluding steroid dienone is 7. The summed E-state index contributed by atoms with van der Waals surface area (Å²) in [4.78, 5) is 24.5. The number of carbonyl (C=O) groups is 2. The lowest BCUT2D eigenvalue weighted by Gasteiger charge is -2.20. The van der Waals surface area contributed by atoms with Gasteiger partial charge in [0, 0.05) is 12.8 Å². The average molecular weight is 955 g/mol. The molecule has 0 heterocycles. The largest absolute Gasteiger partial charge is 0.466 e. The van der Waals surface area contributed by atoms with E-state index >= 15 is 0 Å². The first-order valence-corrected chi connectivity index (χ1v) is 29.9. The normalized spacial score (nSPS) is 12.9. The van der Waals surface area contributed by atoms with Crippen LogP contribution in [-0.2, 0) is 14.3 Å². The lowest BCUT2D eigenvalue weighted by molar-refractivity contribution is -0.143. The van der Waals surface area contributed by atoms with E-state index in [1.54, 1.807) is 6.08 Å². The molecule has 0 aromatic heterocycles. The Bertz CT molecular complexity index is 1150. The highest BCUT2D eigenvalue weighted by molar-refractivity contribution is 5.76. The Balaban J connectivity index is 3.44. The molecule has 2 unspecified atom stereocenters.